The minimum absolute atomic E-state index is 0.0756. The molecule has 0 fully saturated rings. The molecule has 0 atom stereocenters. The van der Waals surface area contributed by atoms with Crippen LogP contribution in [0, 0.1) is 0 Å². The molecule has 0 spiro atoms. The van der Waals surface area contributed by atoms with Gasteiger partial charge >= 0.3 is 0 Å². The molecule has 0 saturated carbocycles. The third kappa shape index (κ3) is 2.57. The second kappa shape index (κ2) is 5.69. The summed E-state index contributed by atoms with van der Waals surface area (Å²) >= 11 is 2.86. The molecule has 0 unspecified atom stereocenters. The molecule has 8 nitrogen and oxygen atoms in total. The minimum atomic E-state index is -0.0756. The normalized spacial score (nSPS) is 11.2. The molecule has 0 amide bonds. The summed E-state index contributed by atoms with van der Waals surface area (Å²) in [6, 6.07) is 1.53. The molecule has 104 valence electrons. The Labute approximate surface area is 121 Å². The highest BCUT2D eigenvalue weighted by atomic mass is 32.2. The number of nitrogens with zero attached hydrogens (tertiary/aromatic N) is 6. The van der Waals surface area contributed by atoms with Crippen molar-refractivity contribution >= 4 is 28.1 Å². The van der Waals surface area contributed by atoms with Gasteiger partial charge in [-0.3, -0.25) is 9.20 Å². The predicted molar refractivity (Wildman–Crippen MR) is 75.8 cm³/mol. The van der Waals surface area contributed by atoms with Crippen molar-refractivity contribution in [2.45, 2.75) is 17.5 Å². The van der Waals surface area contributed by atoms with Crippen molar-refractivity contribution in [3.8, 4) is 0 Å². The van der Waals surface area contributed by atoms with Crippen molar-refractivity contribution in [1.29, 1.82) is 0 Å². The molecule has 0 bridgehead atoms. The Balaban J connectivity index is 1.79. The Kier molecular flexibility index (Phi) is 3.76. The van der Waals surface area contributed by atoms with Gasteiger partial charge in [0.15, 0.2) is 4.96 Å². The van der Waals surface area contributed by atoms with Gasteiger partial charge in [-0.1, -0.05) is 11.8 Å². The van der Waals surface area contributed by atoms with E-state index in [1.807, 2.05) is 5.38 Å². The van der Waals surface area contributed by atoms with Crippen molar-refractivity contribution in [2.75, 3.05) is 6.54 Å². The average molecular weight is 309 g/mol. The van der Waals surface area contributed by atoms with Crippen molar-refractivity contribution in [3.63, 3.8) is 0 Å². The fraction of sp³-hybridized carbons (Fsp3) is 0.300. The molecule has 0 saturated heterocycles. The third-order valence-corrected chi connectivity index (χ3v) is 4.29. The van der Waals surface area contributed by atoms with E-state index in [9.17, 15) is 4.79 Å². The molecule has 3 aromatic rings. The first kappa shape index (κ1) is 13.2. The van der Waals surface area contributed by atoms with E-state index in [0.717, 1.165) is 0 Å². The monoisotopic (exact) mass is 309 g/mol. The second-order valence-corrected chi connectivity index (χ2v) is 5.72. The fourth-order valence-corrected chi connectivity index (χ4v) is 3.20. The third-order valence-electron chi connectivity index (χ3n) is 2.55. The number of hydrogen-bond acceptors (Lipinski definition) is 8. The van der Waals surface area contributed by atoms with Gasteiger partial charge in [0.2, 0.25) is 5.16 Å². The largest absolute Gasteiger partial charge is 0.329 e. The van der Waals surface area contributed by atoms with Crippen molar-refractivity contribution < 1.29 is 0 Å². The highest BCUT2D eigenvalue weighted by Gasteiger charge is 2.09. The van der Waals surface area contributed by atoms with Gasteiger partial charge in [-0.25, -0.2) is 9.67 Å². The summed E-state index contributed by atoms with van der Waals surface area (Å²) in [6.45, 7) is 1.04. The number of fused-ring (bicyclic) bond motifs is 1. The van der Waals surface area contributed by atoms with Crippen LogP contribution < -0.4 is 11.3 Å². The van der Waals surface area contributed by atoms with Gasteiger partial charge in [0.1, 0.15) is 0 Å². The first-order chi connectivity index (χ1) is 9.78. The fourth-order valence-electron chi connectivity index (χ4n) is 1.66. The lowest BCUT2D eigenvalue weighted by Gasteiger charge is -2.02. The lowest BCUT2D eigenvalue weighted by Crippen LogP contribution is -2.13. The summed E-state index contributed by atoms with van der Waals surface area (Å²) in [5.41, 5.74) is 6.12. The smallest absolute Gasteiger partial charge is 0.258 e. The van der Waals surface area contributed by atoms with Crippen LogP contribution in [0.4, 0.5) is 0 Å². The van der Waals surface area contributed by atoms with E-state index in [2.05, 4.69) is 20.5 Å². The SMILES string of the molecule is NCCn1nnnc1SCc1cc(=O)n2ccsc2n1. The van der Waals surface area contributed by atoms with Crippen molar-refractivity contribution in [2.24, 2.45) is 5.73 Å². The number of thioether (sulfide) groups is 1. The summed E-state index contributed by atoms with van der Waals surface area (Å²) in [6.07, 6.45) is 1.72. The highest BCUT2D eigenvalue weighted by Crippen LogP contribution is 2.18. The number of nitrogens with two attached hydrogens (primary N) is 1. The van der Waals surface area contributed by atoms with E-state index in [1.165, 1.54) is 33.6 Å². The standard InChI is InChI=1S/C10H11N7OS2/c11-1-2-17-10(13-14-15-17)20-6-7-5-8(18)16-3-4-19-9(16)12-7/h3-5H,1-2,6,11H2. The van der Waals surface area contributed by atoms with Crippen LogP contribution in [0.25, 0.3) is 4.96 Å². The number of aromatic nitrogens is 6. The molecular weight excluding hydrogens is 298 g/mol. The van der Waals surface area contributed by atoms with Gasteiger partial charge in [-0.05, 0) is 10.4 Å². The van der Waals surface area contributed by atoms with Crippen LogP contribution in [0.5, 0.6) is 0 Å². The average Bonchev–Trinajstić information content (AvgIpc) is 3.06. The number of thiazole rings is 1. The van der Waals surface area contributed by atoms with Crippen LogP contribution in [0.2, 0.25) is 0 Å². The Morgan fingerprint density at radius 1 is 1.45 bits per heavy atom. The zero-order valence-corrected chi connectivity index (χ0v) is 12.0. The minimum Gasteiger partial charge on any atom is -0.329 e. The van der Waals surface area contributed by atoms with E-state index in [-0.39, 0.29) is 5.56 Å². The zero-order valence-electron chi connectivity index (χ0n) is 10.3. The maximum atomic E-state index is 11.8. The lowest BCUT2D eigenvalue weighted by molar-refractivity contribution is 0.557. The van der Waals surface area contributed by atoms with Gasteiger partial charge in [-0.15, -0.1) is 16.4 Å². The molecule has 0 aromatic carbocycles. The first-order valence-corrected chi connectivity index (χ1v) is 7.69. The highest BCUT2D eigenvalue weighted by molar-refractivity contribution is 7.98. The second-order valence-electron chi connectivity index (χ2n) is 3.90. The zero-order chi connectivity index (χ0) is 13.9. The molecule has 10 heteroatoms. The molecule has 3 rings (SSSR count). The van der Waals surface area contributed by atoms with E-state index in [1.54, 1.807) is 10.9 Å². The molecule has 0 aliphatic rings. The molecular formula is C10H11N7OS2. The Morgan fingerprint density at radius 3 is 3.20 bits per heavy atom. The van der Waals surface area contributed by atoms with E-state index >= 15 is 0 Å². The van der Waals surface area contributed by atoms with Crippen LogP contribution in [0.3, 0.4) is 0 Å². The van der Waals surface area contributed by atoms with Gasteiger partial charge < -0.3 is 5.73 Å². The summed E-state index contributed by atoms with van der Waals surface area (Å²) in [4.78, 5) is 17.0. The van der Waals surface area contributed by atoms with Crippen molar-refractivity contribution in [1.82, 2.24) is 29.6 Å². The topological polar surface area (TPSA) is 104 Å². The molecule has 0 radical (unpaired) electrons. The van der Waals surface area contributed by atoms with Gasteiger partial charge in [0.25, 0.3) is 5.56 Å². The molecule has 20 heavy (non-hydrogen) atoms. The molecule has 0 aliphatic heterocycles. The Bertz CT molecular complexity index is 777. The van der Waals surface area contributed by atoms with Crippen LogP contribution in [-0.2, 0) is 12.3 Å². The van der Waals surface area contributed by atoms with Crippen LogP contribution >= 0.6 is 23.1 Å². The summed E-state index contributed by atoms with van der Waals surface area (Å²) in [7, 11) is 0. The van der Waals surface area contributed by atoms with Crippen LogP contribution in [0.15, 0.2) is 27.6 Å². The van der Waals surface area contributed by atoms with Crippen LogP contribution in [-0.4, -0.2) is 36.1 Å². The molecule has 0 aliphatic carbocycles. The van der Waals surface area contributed by atoms with E-state index in [0.29, 0.717) is 34.7 Å². The van der Waals surface area contributed by atoms with Crippen molar-refractivity contribution in [3.05, 3.63) is 33.7 Å². The van der Waals surface area contributed by atoms with E-state index in [4.69, 9.17) is 5.73 Å². The Morgan fingerprint density at radius 2 is 2.35 bits per heavy atom. The summed E-state index contributed by atoms with van der Waals surface area (Å²) in [5, 5.41) is 13.9. The van der Waals surface area contributed by atoms with Crippen LogP contribution in [0.1, 0.15) is 5.69 Å². The number of hydrogen-bond donors (Lipinski definition) is 1. The first-order valence-electron chi connectivity index (χ1n) is 5.83. The Hall–Kier alpha value is -1.78. The maximum absolute atomic E-state index is 11.8. The maximum Gasteiger partial charge on any atom is 0.258 e. The van der Waals surface area contributed by atoms with E-state index < -0.39 is 0 Å². The quantitative estimate of drug-likeness (QED) is 0.661. The number of tetrazole rings is 1. The number of rotatable bonds is 5. The molecule has 3 heterocycles. The molecule has 3 aromatic heterocycles. The van der Waals surface area contributed by atoms with Gasteiger partial charge in [0, 0.05) is 29.9 Å². The van der Waals surface area contributed by atoms with Gasteiger partial charge in [-0.2, -0.15) is 0 Å². The lowest BCUT2D eigenvalue weighted by atomic mass is 10.4. The predicted octanol–water partition coefficient (Wildman–Crippen LogP) is -0.00650. The summed E-state index contributed by atoms with van der Waals surface area (Å²) < 4.78 is 3.17. The van der Waals surface area contributed by atoms with Gasteiger partial charge in [0.05, 0.1) is 12.2 Å². The summed E-state index contributed by atoms with van der Waals surface area (Å²) in [5.74, 6) is 0.536. The molecule has 2 N–H and O–H groups in total.